The Bertz CT molecular complexity index is 1220. The number of nitrogens with zero attached hydrogens (tertiary/aromatic N) is 1. The summed E-state index contributed by atoms with van der Waals surface area (Å²) in [5.74, 6) is 1.23. The minimum Gasteiger partial charge on any atom is -0.363 e. The minimum absolute atomic E-state index is 0.0794. The molecule has 1 heterocycles. The molecule has 0 aliphatic heterocycles. The fourth-order valence-corrected chi connectivity index (χ4v) is 4.53. The van der Waals surface area contributed by atoms with Crippen LogP contribution >= 0.6 is 0 Å². The number of nitrogens with one attached hydrogen (secondary N) is 2. The van der Waals surface area contributed by atoms with Crippen molar-refractivity contribution in [3.8, 4) is 6.07 Å². The molecule has 1 aromatic heterocycles. The maximum Gasteiger partial charge on any atom is 0.335 e. The molecular weight excluding hydrogens is 449 g/mol. The van der Waals surface area contributed by atoms with Crippen molar-refractivity contribution in [3.63, 3.8) is 0 Å². The zero-order valence-corrected chi connectivity index (χ0v) is 20.8. The standard InChI is InChI=1S/C27H30FN3.O2S/c1-16(2)18(4)19-5-7-20(8-6-19)21-9-10-23-26(12-21)30-15-27(23)31-25-13-24(28)22(14-29)11-17(25)3;1-3-2/h5-8,11,13,15-16,18,21,30-31H,9-10,12H2,1-4H3;. The molecule has 0 saturated heterocycles. The molecule has 7 heteroatoms. The van der Waals surface area contributed by atoms with Gasteiger partial charge in [-0.05, 0) is 78.3 Å². The summed E-state index contributed by atoms with van der Waals surface area (Å²) in [4.78, 5) is 3.44. The highest BCUT2D eigenvalue weighted by Crippen LogP contribution is 2.37. The molecule has 2 atom stereocenters. The summed E-state index contributed by atoms with van der Waals surface area (Å²) >= 11 is -0.750. The van der Waals surface area contributed by atoms with Crippen LogP contribution in [0.3, 0.4) is 0 Å². The van der Waals surface area contributed by atoms with E-state index in [1.54, 1.807) is 6.07 Å². The molecule has 4 rings (SSSR count). The summed E-state index contributed by atoms with van der Waals surface area (Å²) in [6.45, 7) is 8.72. The maximum absolute atomic E-state index is 14.1. The Hall–Kier alpha value is -3.24. The summed E-state index contributed by atoms with van der Waals surface area (Å²) in [6, 6.07) is 14.1. The van der Waals surface area contributed by atoms with E-state index in [1.807, 2.05) is 19.2 Å². The van der Waals surface area contributed by atoms with Crippen molar-refractivity contribution in [2.45, 2.75) is 58.8 Å². The molecule has 0 fully saturated rings. The lowest BCUT2D eigenvalue weighted by atomic mass is 9.81. The van der Waals surface area contributed by atoms with E-state index in [4.69, 9.17) is 13.7 Å². The molecule has 0 saturated carbocycles. The van der Waals surface area contributed by atoms with Crippen LogP contribution in [0.4, 0.5) is 15.8 Å². The number of H-pyrrole nitrogens is 1. The van der Waals surface area contributed by atoms with E-state index in [9.17, 15) is 4.39 Å². The van der Waals surface area contributed by atoms with E-state index in [-0.39, 0.29) is 5.56 Å². The molecule has 2 aromatic carbocycles. The van der Waals surface area contributed by atoms with E-state index >= 15 is 0 Å². The summed E-state index contributed by atoms with van der Waals surface area (Å²) in [5.41, 5.74) is 7.99. The number of rotatable bonds is 5. The molecule has 3 aromatic rings. The number of fused-ring (bicyclic) bond motifs is 1. The molecule has 0 bridgehead atoms. The van der Waals surface area contributed by atoms with Gasteiger partial charge in [-0.3, -0.25) is 0 Å². The van der Waals surface area contributed by atoms with Crippen LogP contribution in [0.5, 0.6) is 0 Å². The van der Waals surface area contributed by atoms with Gasteiger partial charge in [-0.1, -0.05) is 45.0 Å². The first-order valence-electron chi connectivity index (χ1n) is 11.5. The first-order valence-corrected chi connectivity index (χ1v) is 12.1. The highest BCUT2D eigenvalue weighted by Gasteiger charge is 2.24. The Morgan fingerprint density at radius 1 is 1.15 bits per heavy atom. The summed E-state index contributed by atoms with van der Waals surface area (Å²) < 4.78 is 30.7. The van der Waals surface area contributed by atoms with Crippen molar-refractivity contribution in [1.29, 1.82) is 5.26 Å². The summed E-state index contributed by atoms with van der Waals surface area (Å²) in [7, 11) is 0. The SMILES string of the molecule is Cc1cc(C#N)c(F)cc1Nc1c[nH]c2c1CCC(c1ccc(C(C)C(C)C)cc1)C2.O=S=O. The first kappa shape index (κ1) is 25.4. The molecule has 0 spiro atoms. The van der Waals surface area contributed by atoms with Crippen molar-refractivity contribution < 1.29 is 12.8 Å². The molecule has 0 radical (unpaired) electrons. The smallest absolute Gasteiger partial charge is 0.335 e. The largest absolute Gasteiger partial charge is 0.363 e. The maximum atomic E-state index is 14.1. The van der Waals surface area contributed by atoms with Gasteiger partial charge in [-0.25, -0.2) is 4.39 Å². The molecule has 2 unspecified atom stereocenters. The average molecular weight is 480 g/mol. The number of benzene rings is 2. The third kappa shape index (κ3) is 5.63. The number of nitriles is 1. The Labute approximate surface area is 204 Å². The second kappa shape index (κ2) is 11.3. The fourth-order valence-electron chi connectivity index (χ4n) is 4.53. The van der Waals surface area contributed by atoms with Crippen LogP contribution < -0.4 is 5.32 Å². The van der Waals surface area contributed by atoms with Crippen LogP contribution in [0, 0.1) is 30.0 Å². The lowest BCUT2D eigenvalue weighted by Crippen LogP contribution is -2.13. The fraction of sp³-hybridized carbons (Fsp3) is 0.370. The number of aromatic amines is 1. The molecule has 178 valence electrons. The molecule has 1 aliphatic carbocycles. The van der Waals surface area contributed by atoms with Gasteiger partial charge in [0, 0.05) is 17.6 Å². The van der Waals surface area contributed by atoms with E-state index in [0.29, 0.717) is 23.4 Å². The number of hydrogen-bond donors (Lipinski definition) is 2. The molecule has 5 nitrogen and oxygen atoms in total. The Morgan fingerprint density at radius 2 is 1.82 bits per heavy atom. The number of aromatic nitrogens is 1. The van der Waals surface area contributed by atoms with Crippen molar-refractivity contribution >= 4 is 22.9 Å². The Morgan fingerprint density at radius 3 is 2.44 bits per heavy atom. The highest BCUT2D eigenvalue weighted by molar-refractivity contribution is 7.51. The van der Waals surface area contributed by atoms with E-state index in [1.165, 1.54) is 28.5 Å². The van der Waals surface area contributed by atoms with Gasteiger partial charge in [0.15, 0.2) is 0 Å². The van der Waals surface area contributed by atoms with E-state index < -0.39 is 17.4 Å². The van der Waals surface area contributed by atoms with E-state index in [0.717, 1.165) is 30.5 Å². The number of anilines is 2. The Balaban J connectivity index is 0.00000103. The molecule has 2 N–H and O–H groups in total. The quantitative estimate of drug-likeness (QED) is 0.441. The van der Waals surface area contributed by atoms with Gasteiger partial charge in [0.05, 0.1) is 11.3 Å². The van der Waals surface area contributed by atoms with Crippen LogP contribution in [0.15, 0.2) is 42.6 Å². The normalized spacial score (nSPS) is 15.5. The Kier molecular flexibility index (Phi) is 8.41. The zero-order valence-electron chi connectivity index (χ0n) is 19.9. The lowest BCUT2D eigenvalue weighted by molar-refractivity contribution is 0.534. The highest BCUT2D eigenvalue weighted by atomic mass is 32.1. The van der Waals surface area contributed by atoms with Crippen molar-refractivity contribution in [3.05, 3.63) is 81.9 Å². The second-order valence-corrected chi connectivity index (χ2v) is 9.39. The number of halogens is 1. The third-order valence-electron chi connectivity index (χ3n) is 6.91. The predicted octanol–water partition coefficient (Wildman–Crippen LogP) is 6.44. The van der Waals surface area contributed by atoms with Gasteiger partial charge < -0.3 is 10.3 Å². The van der Waals surface area contributed by atoms with Gasteiger partial charge in [0.25, 0.3) is 0 Å². The van der Waals surface area contributed by atoms with Gasteiger partial charge in [-0.2, -0.15) is 13.7 Å². The monoisotopic (exact) mass is 479 g/mol. The van der Waals surface area contributed by atoms with Crippen molar-refractivity contribution in [2.75, 3.05) is 5.32 Å². The van der Waals surface area contributed by atoms with Gasteiger partial charge >= 0.3 is 11.6 Å². The van der Waals surface area contributed by atoms with Crippen LogP contribution in [-0.2, 0) is 24.4 Å². The van der Waals surface area contributed by atoms with E-state index in [2.05, 4.69) is 55.3 Å². The molecule has 34 heavy (non-hydrogen) atoms. The topological polar surface area (TPSA) is 85.8 Å². The van der Waals surface area contributed by atoms with Crippen molar-refractivity contribution in [2.24, 2.45) is 5.92 Å². The average Bonchev–Trinajstić information content (AvgIpc) is 3.23. The summed E-state index contributed by atoms with van der Waals surface area (Å²) in [5, 5.41) is 12.4. The predicted molar refractivity (Wildman–Crippen MR) is 133 cm³/mol. The number of hydrogen-bond acceptors (Lipinski definition) is 4. The van der Waals surface area contributed by atoms with Crippen LogP contribution in [0.25, 0.3) is 0 Å². The molecular formula is C27H30FN3O2S. The molecule has 0 amide bonds. The van der Waals surface area contributed by atoms with Crippen LogP contribution in [0.2, 0.25) is 0 Å². The number of aryl methyl sites for hydroxylation is 1. The van der Waals surface area contributed by atoms with Gasteiger partial charge in [0.2, 0.25) is 0 Å². The second-order valence-electron chi connectivity index (χ2n) is 9.25. The van der Waals surface area contributed by atoms with Crippen molar-refractivity contribution in [1.82, 2.24) is 4.98 Å². The van der Waals surface area contributed by atoms with Crippen LogP contribution in [-0.4, -0.2) is 13.4 Å². The minimum atomic E-state index is -0.750. The van der Waals surface area contributed by atoms with Gasteiger partial charge in [0.1, 0.15) is 11.9 Å². The van der Waals surface area contributed by atoms with Crippen LogP contribution in [0.1, 0.15) is 72.5 Å². The first-order chi connectivity index (χ1) is 16.3. The summed E-state index contributed by atoms with van der Waals surface area (Å²) in [6.07, 6.45) is 5.04. The lowest BCUT2D eigenvalue weighted by Gasteiger charge is -2.24. The third-order valence-corrected chi connectivity index (χ3v) is 6.91. The molecule has 1 aliphatic rings. The van der Waals surface area contributed by atoms with Gasteiger partial charge in [-0.15, -0.1) is 0 Å². The zero-order chi connectivity index (χ0) is 24.8.